The van der Waals surface area contributed by atoms with Crippen molar-refractivity contribution in [3.8, 4) is 100 Å². The molecule has 0 aromatic heterocycles. The van der Waals surface area contributed by atoms with E-state index in [2.05, 4.69) is 359 Å². The molecule has 0 saturated carbocycles. The van der Waals surface area contributed by atoms with Gasteiger partial charge in [0.25, 0.3) is 0 Å². The van der Waals surface area contributed by atoms with Crippen LogP contribution in [0.5, 0.6) is 0 Å². The first kappa shape index (κ1) is 66.9. The number of hydrogen-bond donors (Lipinski definition) is 3. The van der Waals surface area contributed by atoms with Gasteiger partial charge in [-0.2, -0.15) is 0 Å². The summed E-state index contributed by atoms with van der Waals surface area (Å²) in [6, 6.07) is 82.5. The van der Waals surface area contributed by atoms with E-state index in [0.29, 0.717) is 0 Å². The Morgan fingerprint density at radius 3 is 0.485 bits per heavy atom. The van der Waals surface area contributed by atoms with Gasteiger partial charge in [0.2, 0.25) is 0 Å². The third kappa shape index (κ3) is 13.1. The van der Waals surface area contributed by atoms with Gasteiger partial charge in [-0.05, 0) is 278 Å². The lowest BCUT2D eigenvalue weighted by atomic mass is 9.86. The molecule has 0 bridgehead atoms. The first-order valence-corrected chi connectivity index (χ1v) is 35.1. The molecule has 0 aliphatic rings. The SMILES string of the molecule is Cc1cc(C)c(-c2cccc(-c3c(C)cc(C)cc3C)c2Nc2ccccc2-c2cc(-c3ccccc3Nc3c(-c4c(C)cc(C)cc4C)cccc3-c3c(C)cc(C)cc3C)cc(-c3ccccc3Nc3c(-c4c(C)cc(C)cc4C)cccc3-c3c(C)cc(C)cc3C)c2)c(C)c1. The highest BCUT2D eigenvalue weighted by Crippen LogP contribution is 2.51. The highest BCUT2D eigenvalue weighted by Gasteiger charge is 2.26. The Hall–Kier alpha value is -10.7. The van der Waals surface area contributed by atoms with Gasteiger partial charge >= 0.3 is 0 Å². The Morgan fingerprint density at radius 1 is 0.162 bits per heavy atom. The Bertz CT molecular complexity index is 4470. The van der Waals surface area contributed by atoms with Crippen molar-refractivity contribution in [1.29, 1.82) is 0 Å². The van der Waals surface area contributed by atoms with Gasteiger partial charge in [-0.1, -0.05) is 215 Å². The Labute approximate surface area is 589 Å². The van der Waals surface area contributed by atoms with Crippen molar-refractivity contribution in [3.63, 3.8) is 0 Å². The van der Waals surface area contributed by atoms with Gasteiger partial charge in [0.05, 0.1) is 17.1 Å². The summed E-state index contributed by atoms with van der Waals surface area (Å²) in [6.07, 6.45) is 0. The maximum atomic E-state index is 4.26. The monoisotopic (exact) mass is 1290 g/mol. The molecule has 13 aromatic carbocycles. The average Bonchev–Trinajstić information content (AvgIpc) is 0.771. The van der Waals surface area contributed by atoms with Crippen molar-refractivity contribution < 1.29 is 0 Å². The maximum absolute atomic E-state index is 4.26. The van der Waals surface area contributed by atoms with Crippen LogP contribution in [0.15, 0.2) is 218 Å². The number of anilines is 6. The number of para-hydroxylation sites is 6. The zero-order chi connectivity index (χ0) is 69.8. The molecule has 0 saturated heterocycles. The van der Waals surface area contributed by atoms with Crippen molar-refractivity contribution in [2.75, 3.05) is 16.0 Å². The fourth-order valence-corrected chi connectivity index (χ4v) is 17.0. The summed E-state index contributed by atoms with van der Waals surface area (Å²) in [4.78, 5) is 0. The minimum absolute atomic E-state index is 1.01. The zero-order valence-electron chi connectivity index (χ0n) is 61.3. The standard InChI is InChI=1S/C96H93N3/c1-55-40-61(7)88(62(8)41-55)79-31-25-32-80(89-63(9)42-56(2)43-64(89)10)94(79)97-85-37-22-19-28-76(85)73-52-74(77-29-20-23-38-86(77)98-95-81(90-65(11)44-57(3)45-66(90)12)33-26-34-82(95)91-67(13)46-58(4)47-68(91)14)54-75(53-73)78-30-21-24-39-87(78)99-96-83(92-69(15)48-59(5)49-70(92)16)35-27-36-84(96)93-71(17)50-60(6)51-72(93)18/h19-54,97-99H,1-18H3. The molecule has 3 nitrogen and oxygen atoms in total. The minimum atomic E-state index is 1.01. The fourth-order valence-electron chi connectivity index (χ4n) is 17.0. The molecule has 0 fully saturated rings. The average molecular weight is 1290 g/mol. The molecular formula is C96H93N3. The molecule has 0 unspecified atom stereocenters. The van der Waals surface area contributed by atoms with Gasteiger partial charge in [0.1, 0.15) is 0 Å². The summed E-state index contributed by atoms with van der Waals surface area (Å²) in [7, 11) is 0. The molecule has 3 N–H and O–H groups in total. The highest BCUT2D eigenvalue weighted by atomic mass is 14.9. The molecular weight excluding hydrogens is 1200 g/mol. The van der Waals surface area contributed by atoms with Crippen LogP contribution in [0, 0.1) is 125 Å². The topological polar surface area (TPSA) is 36.1 Å². The summed E-state index contributed by atoms with van der Waals surface area (Å²) in [5.41, 5.74) is 49.8. The van der Waals surface area contributed by atoms with Crippen LogP contribution in [0.1, 0.15) is 100 Å². The van der Waals surface area contributed by atoms with E-state index in [1.807, 2.05) is 0 Å². The molecule has 0 amide bonds. The molecule has 0 heterocycles. The number of aryl methyl sites for hydroxylation is 18. The van der Waals surface area contributed by atoms with Gasteiger partial charge in [-0.3, -0.25) is 0 Å². The fraction of sp³-hybridized carbons (Fsp3) is 0.188. The van der Waals surface area contributed by atoms with Crippen LogP contribution >= 0.6 is 0 Å². The van der Waals surface area contributed by atoms with Crippen molar-refractivity contribution in [3.05, 3.63) is 319 Å². The summed E-state index contributed by atoms with van der Waals surface area (Å²) >= 11 is 0. The minimum Gasteiger partial charge on any atom is -0.354 e. The normalized spacial score (nSPS) is 11.3. The molecule has 3 heteroatoms. The van der Waals surface area contributed by atoms with E-state index in [-0.39, 0.29) is 0 Å². The van der Waals surface area contributed by atoms with Crippen LogP contribution in [0.25, 0.3) is 100 Å². The first-order valence-electron chi connectivity index (χ1n) is 35.1. The van der Waals surface area contributed by atoms with Gasteiger partial charge in [0.15, 0.2) is 0 Å². The summed E-state index contributed by atoms with van der Waals surface area (Å²) in [5, 5.41) is 12.8. The van der Waals surface area contributed by atoms with Crippen LogP contribution in [0.3, 0.4) is 0 Å². The quantitative estimate of drug-likeness (QED) is 0.0957. The van der Waals surface area contributed by atoms with Gasteiger partial charge < -0.3 is 16.0 Å². The molecule has 99 heavy (non-hydrogen) atoms. The Balaban J connectivity index is 1.06. The third-order valence-corrected chi connectivity index (χ3v) is 20.3. The molecule has 492 valence electrons. The molecule has 0 spiro atoms. The molecule has 0 atom stereocenters. The van der Waals surface area contributed by atoms with E-state index in [4.69, 9.17) is 0 Å². The molecule has 13 rings (SSSR count). The second-order valence-corrected chi connectivity index (χ2v) is 28.6. The Kier molecular flexibility index (Phi) is 18.4. The molecule has 13 aromatic rings. The number of nitrogens with one attached hydrogen (secondary N) is 3. The lowest BCUT2D eigenvalue weighted by molar-refractivity contribution is 1.31. The van der Waals surface area contributed by atoms with Crippen LogP contribution in [-0.2, 0) is 0 Å². The molecule has 0 aliphatic carbocycles. The van der Waals surface area contributed by atoms with Crippen LogP contribution < -0.4 is 16.0 Å². The summed E-state index contributed by atoms with van der Waals surface area (Å²) < 4.78 is 0. The van der Waals surface area contributed by atoms with Gasteiger partial charge in [-0.15, -0.1) is 0 Å². The number of hydrogen-bond acceptors (Lipinski definition) is 3. The van der Waals surface area contributed by atoms with Crippen LogP contribution in [-0.4, -0.2) is 0 Å². The molecule has 0 aliphatic heterocycles. The van der Waals surface area contributed by atoms with E-state index in [1.54, 1.807) is 0 Å². The highest BCUT2D eigenvalue weighted by molar-refractivity contribution is 6.03. The van der Waals surface area contributed by atoms with Gasteiger partial charge in [0, 0.05) is 67.1 Å². The van der Waals surface area contributed by atoms with Crippen molar-refractivity contribution >= 4 is 34.1 Å². The van der Waals surface area contributed by atoms with E-state index in [1.165, 1.54) is 167 Å². The molecule has 0 radical (unpaired) electrons. The smallest absolute Gasteiger partial charge is 0.0544 e. The largest absolute Gasteiger partial charge is 0.354 e. The Morgan fingerprint density at radius 2 is 0.313 bits per heavy atom. The maximum Gasteiger partial charge on any atom is 0.0544 e. The lowest BCUT2D eigenvalue weighted by Crippen LogP contribution is -2.03. The van der Waals surface area contributed by atoms with E-state index in [9.17, 15) is 0 Å². The van der Waals surface area contributed by atoms with E-state index >= 15 is 0 Å². The van der Waals surface area contributed by atoms with Crippen molar-refractivity contribution in [2.24, 2.45) is 0 Å². The third-order valence-electron chi connectivity index (χ3n) is 20.3. The van der Waals surface area contributed by atoms with Crippen molar-refractivity contribution in [2.45, 2.75) is 125 Å². The first-order chi connectivity index (χ1) is 47.5. The summed E-state index contributed by atoms with van der Waals surface area (Å²) in [6.45, 7) is 40.3. The second kappa shape index (κ2) is 27.3. The van der Waals surface area contributed by atoms with Crippen LogP contribution in [0.2, 0.25) is 0 Å². The van der Waals surface area contributed by atoms with Crippen molar-refractivity contribution in [1.82, 2.24) is 0 Å². The number of rotatable bonds is 15. The number of benzene rings is 13. The predicted molar refractivity (Wildman–Crippen MR) is 430 cm³/mol. The predicted octanol–water partition coefficient (Wildman–Crippen LogP) is 27.5. The second-order valence-electron chi connectivity index (χ2n) is 28.6. The lowest BCUT2D eigenvalue weighted by Gasteiger charge is -2.25. The summed E-state index contributed by atoms with van der Waals surface area (Å²) in [5.74, 6) is 0. The van der Waals surface area contributed by atoms with Gasteiger partial charge in [-0.25, -0.2) is 0 Å². The van der Waals surface area contributed by atoms with E-state index in [0.717, 1.165) is 67.5 Å². The van der Waals surface area contributed by atoms with E-state index < -0.39 is 0 Å². The zero-order valence-corrected chi connectivity index (χ0v) is 61.3. The van der Waals surface area contributed by atoms with Crippen LogP contribution in [0.4, 0.5) is 34.1 Å².